The number of ether oxygens (including phenoxy) is 2. The van der Waals surface area contributed by atoms with Gasteiger partial charge >= 0.3 is 0 Å². The Morgan fingerprint density at radius 2 is 2.31 bits per heavy atom. The Labute approximate surface area is 78.5 Å². The fourth-order valence-corrected chi connectivity index (χ4v) is 1.72. The Hall–Kier alpha value is -0.860. The van der Waals surface area contributed by atoms with Crippen molar-refractivity contribution in [2.75, 3.05) is 13.7 Å². The summed E-state index contributed by atoms with van der Waals surface area (Å²) < 4.78 is 10.7. The van der Waals surface area contributed by atoms with Crippen LogP contribution in [0.25, 0.3) is 0 Å². The maximum atomic E-state index is 5.49. The largest absolute Gasteiger partial charge is 0.352 e. The standard InChI is InChI=1S/C11H14O2/c1-8-3-4-9-5-6-13-11(12-2)10(9)7-8/h3-4,7,11H,5-6H2,1-2H3/t11-/m0/s1. The van der Waals surface area contributed by atoms with E-state index in [0.717, 1.165) is 13.0 Å². The van der Waals surface area contributed by atoms with E-state index >= 15 is 0 Å². The molecule has 70 valence electrons. The number of hydrogen-bond donors (Lipinski definition) is 0. The van der Waals surface area contributed by atoms with Crippen molar-refractivity contribution in [1.29, 1.82) is 0 Å². The molecular weight excluding hydrogens is 164 g/mol. The zero-order valence-corrected chi connectivity index (χ0v) is 8.04. The van der Waals surface area contributed by atoms with Gasteiger partial charge in [0.25, 0.3) is 0 Å². The lowest BCUT2D eigenvalue weighted by Gasteiger charge is -2.24. The number of benzene rings is 1. The topological polar surface area (TPSA) is 18.5 Å². The van der Waals surface area contributed by atoms with Gasteiger partial charge in [-0.05, 0) is 18.9 Å². The van der Waals surface area contributed by atoms with Gasteiger partial charge in [0.15, 0.2) is 6.29 Å². The van der Waals surface area contributed by atoms with E-state index in [4.69, 9.17) is 9.47 Å². The first-order valence-corrected chi connectivity index (χ1v) is 4.55. The quantitative estimate of drug-likeness (QED) is 0.656. The van der Waals surface area contributed by atoms with Crippen LogP contribution in [0.3, 0.4) is 0 Å². The molecule has 1 aliphatic heterocycles. The maximum Gasteiger partial charge on any atom is 0.183 e. The fraction of sp³-hybridized carbons (Fsp3) is 0.455. The number of fused-ring (bicyclic) bond motifs is 1. The lowest BCUT2D eigenvalue weighted by atomic mass is 10.00. The predicted octanol–water partition coefficient (Wildman–Crippen LogP) is 2.21. The molecule has 0 amide bonds. The first kappa shape index (κ1) is 8.73. The number of hydrogen-bond acceptors (Lipinski definition) is 2. The molecule has 0 bridgehead atoms. The van der Waals surface area contributed by atoms with Gasteiger partial charge in [-0.3, -0.25) is 0 Å². The van der Waals surface area contributed by atoms with Crippen LogP contribution in [0.1, 0.15) is 23.0 Å². The normalized spacial score (nSPS) is 21.2. The maximum absolute atomic E-state index is 5.49. The molecule has 13 heavy (non-hydrogen) atoms. The van der Waals surface area contributed by atoms with Crippen molar-refractivity contribution in [2.45, 2.75) is 19.6 Å². The Morgan fingerprint density at radius 1 is 1.46 bits per heavy atom. The minimum atomic E-state index is -0.163. The minimum absolute atomic E-state index is 0.163. The number of aryl methyl sites for hydroxylation is 1. The highest BCUT2D eigenvalue weighted by Gasteiger charge is 2.19. The first-order valence-electron chi connectivity index (χ1n) is 4.55. The van der Waals surface area contributed by atoms with E-state index in [2.05, 4.69) is 25.1 Å². The van der Waals surface area contributed by atoms with Crippen molar-refractivity contribution in [3.8, 4) is 0 Å². The first-order chi connectivity index (χ1) is 6.31. The van der Waals surface area contributed by atoms with Crippen molar-refractivity contribution < 1.29 is 9.47 Å². The summed E-state index contributed by atoms with van der Waals surface area (Å²) in [5.74, 6) is 0. The van der Waals surface area contributed by atoms with Gasteiger partial charge in [-0.15, -0.1) is 0 Å². The fourth-order valence-electron chi connectivity index (χ4n) is 1.72. The van der Waals surface area contributed by atoms with Gasteiger partial charge in [-0.1, -0.05) is 23.8 Å². The monoisotopic (exact) mass is 178 g/mol. The Morgan fingerprint density at radius 3 is 3.08 bits per heavy atom. The van der Waals surface area contributed by atoms with Crippen LogP contribution in [-0.4, -0.2) is 13.7 Å². The van der Waals surface area contributed by atoms with E-state index in [-0.39, 0.29) is 6.29 Å². The minimum Gasteiger partial charge on any atom is -0.352 e. The average molecular weight is 178 g/mol. The molecule has 2 heteroatoms. The van der Waals surface area contributed by atoms with Crippen LogP contribution < -0.4 is 0 Å². The summed E-state index contributed by atoms with van der Waals surface area (Å²) in [6.07, 6.45) is 0.832. The molecule has 0 saturated heterocycles. The van der Waals surface area contributed by atoms with E-state index < -0.39 is 0 Å². The molecule has 0 radical (unpaired) electrons. The second kappa shape index (κ2) is 3.48. The molecule has 0 saturated carbocycles. The highest BCUT2D eigenvalue weighted by atomic mass is 16.7. The zero-order valence-electron chi connectivity index (χ0n) is 8.04. The molecular formula is C11H14O2. The van der Waals surface area contributed by atoms with Crippen molar-refractivity contribution >= 4 is 0 Å². The SMILES string of the molecule is CO[C@H]1OCCc2ccc(C)cc21. The molecule has 1 aromatic rings. The second-order valence-corrected chi connectivity index (χ2v) is 3.39. The molecule has 0 N–H and O–H groups in total. The Kier molecular flexibility index (Phi) is 2.34. The molecule has 0 aliphatic carbocycles. The van der Waals surface area contributed by atoms with Crippen molar-refractivity contribution in [3.05, 3.63) is 34.9 Å². The zero-order chi connectivity index (χ0) is 9.26. The van der Waals surface area contributed by atoms with Gasteiger partial charge in [-0.2, -0.15) is 0 Å². The number of rotatable bonds is 1. The van der Waals surface area contributed by atoms with E-state index in [9.17, 15) is 0 Å². The highest BCUT2D eigenvalue weighted by Crippen LogP contribution is 2.27. The molecule has 0 unspecified atom stereocenters. The van der Waals surface area contributed by atoms with Crippen LogP contribution in [0.2, 0.25) is 0 Å². The van der Waals surface area contributed by atoms with Gasteiger partial charge in [0, 0.05) is 12.7 Å². The van der Waals surface area contributed by atoms with Crippen LogP contribution in [0.5, 0.6) is 0 Å². The summed E-state index contributed by atoms with van der Waals surface area (Å²) in [5, 5.41) is 0. The molecule has 0 spiro atoms. The van der Waals surface area contributed by atoms with E-state index in [1.54, 1.807) is 7.11 Å². The van der Waals surface area contributed by atoms with Gasteiger partial charge in [0.05, 0.1) is 6.61 Å². The van der Waals surface area contributed by atoms with E-state index in [0.29, 0.717) is 0 Å². The second-order valence-electron chi connectivity index (χ2n) is 3.39. The lowest BCUT2D eigenvalue weighted by molar-refractivity contribution is -0.134. The molecule has 1 aromatic carbocycles. The summed E-state index contributed by atoms with van der Waals surface area (Å²) in [7, 11) is 1.68. The smallest absolute Gasteiger partial charge is 0.183 e. The summed E-state index contributed by atoms with van der Waals surface area (Å²) in [5.41, 5.74) is 3.80. The van der Waals surface area contributed by atoms with Crippen LogP contribution in [0.4, 0.5) is 0 Å². The van der Waals surface area contributed by atoms with Crippen LogP contribution in [-0.2, 0) is 15.9 Å². The molecule has 0 fully saturated rings. The summed E-state index contributed by atoms with van der Waals surface area (Å²) in [6, 6.07) is 6.44. The van der Waals surface area contributed by atoms with Crippen LogP contribution in [0.15, 0.2) is 18.2 Å². The van der Waals surface area contributed by atoms with Crippen molar-refractivity contribution in [3.63, 3.8) is 0 Å². The summed E-state index contributed by atoms with van der Waals surface area (Å²) in [4.78, 5) is 0. The van der Waals surface area contributed by atoms with Gasteiger partial charge in [-0.25, -0.2) is 0 Å². The van der Waals surface area contributed by atoms with E-state index in [1.807, 2.05) is 0 Å². The van der Waals surface area contributed by atoms with Gasteiger partial charge in [0.2, 0.25) is 0 Å². The summed E-state index contributed by atoms with van der Waals surface area (Å²) >= 11 is 0. The lowest BCUT2D eigenvalue weighted by Crippen LogP contribution is -2.17. The molecule has 2 rings (SSSR count). The molecule has 1 heterocycles. The molecule has 0 aromatic heterocycles. The van der Waals surface area contributed by atoms with Gasteiger partial charge < -0.3 is 9.47 Å². The van der Waals surface area contributed by atoms with Crippen molar-refractivity contribution in [1.82, 2.24) is 0 Å². The van der Waals surface area contributed by atoms with E-state index in [1.165, 1.54) is 16.7 Å². The summed E-state index contributed by atoms with van der Waals surface area (Å²) in [6.45, 7) is 2.84. The Bertz CT molecular complexity index is 307. The average Bonchev–Trinajstić information content (AvgIpc) is 2.17. The van der Waals surface area contributed by atoms with Crippen LogP contribution in [0, 0.1) is 6.92 Å². The number of methoxy groups -OCH3 is 1. The third kappa shape index (κ3) is 1.60. The van der Waals surface area contributed by atoms with Crippen LogP contribution >= 0.6 is 0 Å². The highest BCUT2D eigenvalue weighted by molar-refractivity contribution is 5.33. The predicted molar refractivity (Wildman–Crippen MR) is 50.6 cm³/mol. The molecule has 1 aliphatic rings. The molecule has 2 nitrogen and oxygen atoms in total. The van der Waals surface area contributed by atoms with Gasteiger partial charge in [0.1, 0.15) is 0 Å². The third-order valence-corrected chi connectivity index (χ3v) is 2.41. The Balaban J connectivity index is 2.41. The molecule has 1 atom stereocenters. The third-order valence-electron chi connectivity index (χ3n) is 2.41. The van der Waals surface area contributed by atoms with Crippen molar-refractivity contribution in [2.24, 2.45) is 0 Å².